The molecule has 1 aliphatic rings. The third-order valence-electron chi connectivity index (χ3n) is 4.18. The van der Waals surface area contributed by atoms with Gasteiger partial charge in [-0.3, -0.25) is 4.79 Å². The molecule has 1 rings (SSSR count). The van der Waals surface area contributed by atoms with Crippen molar-refractivity contribution in [1.82, 2.24) is 0 Å². The number of hydrogen-bond acceptors (Lipinski definition) is 3. The van der Waals surface area contributed by atoms with E-state index in [1.807, 2.05) is 26.8 Å². The third kappa shape index (κ3) is 4.07. The van der Waals surface area contributed by atoms with Gasteiger partial charge in [-0.05, 0) is 46.0 Å². The maximum absolute atomic E-state index is 11.9. The summed E-state index contributed by atoms with van der Waals surface area (Å²) in [6.07, 6.45) is 5.58. The SMILES string of the molecule is C=C[C@@H]1CC[C@H](OC)[C@@]1(C)CCC(=O)OC(C)(C)C. The second kappa shape index (κ2) is 6.08. The Bertz CT molecular complexity index is 329. The Hall–Kier alpha value is -0.830. The van der Waals surface area contributed by atoms with Crippen molar-refractivity contribution in [2.24, 2.45) is 11.3 Å². The van der Waals surface area contributed by atoms with E-state index >= 15 is 0 Å². The fourth-order valence-electron chi connectivity index (χ4n) is 3.11. The number of hydrogen-bond donors (Lipinski definition) is 0. The maximum atomic E-state index is 11.9. The number of carbonyl (C=O) groups excluding carboxylic acids is 1. The highest BCUT2D eigenvalue weighted by Gasteiger charge is 2.45. The van der Waals surface area contributed by atoms with Crippen LogP contribution >= 0.6 is 0 Å². The van der Waals surface area contributed by atoms with Gasteiger partial charge < -0.3 is 9.47 Å². The number of rotatable bonds is 5. The van der Waals surface area contributed by atoms with E-state index in [1.165, 1.54) is 0 Å². The Morgan fingerprint density at radius 1 is 1.42 bits per heavy atom. The van der Waals surface area contributed by atoms with Crippen LogP contribution in [0.3, 0.4) is 0 Å². The van der Waals surface area contributed by atoms with E-state index in [2.05, 4.69) is 13.5 Å². The standard InChI is InChI=1S/C16H28O3/c1-7-12-8-9-13(18-6)16(12,5)11-10-14(17)19-15(2,3)4/h7,12-13H,1,8-11H2,2-6H3/t12-,13+,16+/m1/s1. The predicted molar refractivity (Wildman–Crippen MR) is 76.9 cm³/mol. The number of esters is 1. The molecule has 19 heavy (non-hydrogen) atoms. The minimum Gasteiger partial charge on any atom is -0.460 e. The van der Waals surface area contributed by atoms with Crippen molar-refractivity contribution >= 4 is 5.97 Å². The molecule has 0 aromatic rings. The Labute approximate surface area is 117 Å². The molecule has 1 saturated carbocycles. The Morgan fingerprint density at radius 3 is 2.53 bits per heavy atom. The molecule has 0 bridgehead atoms. The first-order valence-corrected chi connectivity index (χ1v) is 7.10. The van der Waals surface area contributed by atoms with Gasteiger partial charge >= 0.3 is 5.97 Å². The van der Waals surface area contributed by atoms with Gasteiger partial charge in [0.1, 0.15) is 5.60 Å². The highest BCUT2D eigenvalue weighted by molar-refractivity contribution is 5.69. The van der Waals surface area contributed by atoms with E-state index < -0.39 is 5.60 Å². The minimum absolute atomic E-state index is 0.00654. The molecule has 3 nitrogen and oxygen atoms in total. The van der Waals surface area contributed by atoms with Crippen molar-refractivity contribution in [3.63, 3.8) is 0 Å². The average molecular weight is 268 g/mol. The molecule has 3 atom stereocenters. The number of methoxy groups -OCH3 is 1. The quantitative estimate of drug-likeness (QED) is 0.563. The van der Waals surface area contributed by atoms with Crippen molar-refractivity contribution in [3.8, 4) is 0 Å². The highest BCUT2D eigenvalue weighted by atomic mass is 16.6. The smallest absolute Gasteiger partial charge is 0.306 e. The molecule has 0 saturated heterocycles. The molecule has 1 aliphatic carbocycles. The molecule has 0 spiro atoms. The molecule has 3 heteroatoms. The van der Waals surface area contributed by atoms with Crippen LogP contribution in [0, 0.1) is 11.3 Å². The molecular weight excluding hydrogens is 240 g/mol. The zero-order chi connectivity index (χ0) is 14.7. The minimum atomic E-state index is -0.411. The molecule has 0 N–H and O–H groups in total. The van der Waals surface area contributed by atoms with E-state index in [1.54, 1.807) is 7.11 Å². The molecular formula is C16H28O3. The summed E-state index contributed by atoms with van der Waals surface area (Å²) in [6, 6.07) is 0. The van der Waals surface area contributed by atoms with Crippen LogP contribution in [0.4, 0.5) is 0 Å². The Balaban J connectivity index is 2.62. The molecule has 0 radical (unpaired) electrons. The molecule has 0 heterocycles. The zero-order valence-corrected chi connectivity index (χ0v) is 13.0. The predicted octanol–water partition coefficient (Wildman–Crippen LogP) is 3.73. The van der Waals surface area contributed by atoms with Crippen LogP contribution in [0.25, 0.3) is 0 Å². The van der Waals surface area contributed by atoms with Crippen molar-refractivity contribution < 1.29 is 14.3 Å². The van der Waals surface area contributed by atoms with Crippen LogP contribution < -0.4 is 0 Å². The first kappa shape index (κ1) is 16.2. The normalized spacial score (nSPS) is 31.2. The molecule has 0 aromatic carbocycles. The number of carbonyl (C=O) groups is 1. The van der Waals surface area contributed by atoms with E-state index in [9.17, 15) is 4.79 Å². The summed E-state index contributed by atoms with van der Waals surface area (Å²) in [5.41, 5.74) is -0.417. The molecule has 0 aliphatic heterocycles. The van der Waals surface area contributed by atoms with Gasteiger partial charge in [-0.1, -0.05) is 13.0 Å². The van der Waals surface area contributed by atoms with Crippen LogP contribution in [0.15, 0.2) is 12.7 Å². The zero-order valence-electron chi connectivity index (χ0n) is 13.0. The van der Waals surface area contributed by atoms with Gasteiger partial charge in [0.25, 0.3) is 0 Å². The van der Waals surface area contributed by atoms with Crippen molar-refractivity contribution in [1.29, 1.82) is 0 Å². The summed E-state index contributed by atoms with van der Waals surface area (Å²) >= 11 is 0. The summed E-state index contributed by atoms with van der Waals surface area (Å²) in [4.78, 5) is 11.9. The van der Waals surface area contributed by atoms with E-state index in [-0.39, 0.29) is 17.5 Å². The van der Waals surface area contributed by atoms with Gasteiger partial charge in [0.2, 0.25) is 0 Å². The van der Waals surface area contributed by atoms with Gasteiger partial charge in [-0.2, -0.15) is 0 Å². The van der Waals surface area contributed by atoms with Gasteiger partial charge in [0.15, 0.2) is 0 Å². The monoisotopic (exact) mass is 268 g/mol. The lowest BCUT2D eigenvalue weighted by Crippen LogP contribution is -2.34. The number of allylic oxidation sites excluding steroid dienone is 1. The molecule has 0 amide bonds. The van der Waals surface area contributed by atoms with Crippen molar-refractivity contribution in [2.45, 2.75) is 65.1 Å². The first-order chi connectivity index (χ1) is 8.73. The lowest BCUT2D eigenvalue weighted by molar-refractivity contribution is -0.156. The van der Waals surface area contributed by atoms with Crippen LogP contribution in [0.1, 0.15) is 53.4 Å². The molecule has 0 aromatic heterocycles. The largest absolute Gasteiger partial charge is 0.460 e. The highest BCUT2D eigenvalue weighted by Crippen LogP contribution is 2.48. The van der Waals surface area contributed by atoms with E-state index in [0.717, 1.165) is 19.3 Å². The van der Waals surface area contributed by atoms with Gasteiger partial charge in [0.05, 0.1) is 6.10 Å². The molecule has 110 valence electrons. The molecule has 1 fully saturated rings. The lowest BCUT2D eigenvalue weighted by atomic mass is 9.74. The summed E-state index contributed by atoms with van der Waals surface area (Å²) < 4.78 is 11.0. The van der Waals surface area contributed by atoms with Crippen LogP contribution in [0.2, 0.25) is 0 Å². The second-order valence-corrected chi connectivity index (χ2v) is 6.74. The number of ether oxygens (including phenoxy) is 2. The summed E-state index contributed by atoms with van der Waals surface area (Å²) in [6.45, 7) is 11.8. The van der Waals surface area contributed by atoms with Gasteiger partial charge in [0, 0.05) is 18.9 Å². The van der Waals surface area contributed by atoms with Crippen molar-refractivity contribution in [2.75, 3.05) is 7.11 Å². The van der Waals surface area contributed by atoms with Gasteiger partial charge in [-0.15, -0.1) is 6.58 Å². The summed E-state index contributed by atoms with van der Waals surface area (Å²) in [5, 5.41) is 0. The maximum Gasteiger partial charge on any atom is 0.306 e. The van der Waals surface area contributed by atoms with Crippen LogP contribution in [-0.4, -0.2) is 24.8 Å². The second-order valence-electron chi connectivity index (χ2n) is 6.74. The Kier molecular flexibility index (Phi) is 5.19. The fraction of sp³-hybridized carbons (Fsp3) is 0.812. The first-order valence-electron chi connectivity index (χ1n) is 7.10. The summed E-state index contributed by atoms with van der Waals surface area (Å²) in [7, 11) is 1.75. The van der Waals surface area contributed by atoms with Crippen LogP contribution in [0.5, 0.6) is 0 Å². The lowest BCUT2D eigenvalue weighted by Gasteiger charge is -2.35. The summed E-state index contributed by atoms with van der Waals surface area (Å²) in [5.74, 6) is 0.290. The topological polar surface area (TPSA) is 35.5 Å². The molecule has 0 unspecified atom stereocenters. The van der Waals surface area contributed by atoms with E-state index in [4.69, 9.17) is 9.47 Å². The van der Waals surface area contributed by atoms with Gasteiger partial charge in [-0.25, -0.2) is 0 Å². The fourth-order valence-corrected chi connectivity index (χ4v) is 3.11. The van der Waals surface area contributed by atoms with Crippen molar-refractivity contribution in [3.05, 3.63) is 12.7 Å². The third-order valence-corrected chi connectivity index (χ3v) is 4.18. The average Bonchev–Trinajstić information content (AvgIpc) is 2.61. The Morgan fingerprint density at radius 2 is 2.05 bits per heavy atom. The van der Waals surface area contributed by atoms with E-state index in [0.29, 0.717) is 12.3 Å². The van der Waals surface area contributed by atoms with Crippen LogP contribution in [-0.2, 0) is 14.3 Å².